The molecule has 4 rings (SSSR count). The van der Waals surface area contributed by atoms with Crippen LogP contribution in [0.5, 0.6) is 5.75 Å². The molecular weight excluding hydrogens is 374 g/mol. The lowest BCUT2D eigenvalue weighted by Gasteiger charge is -2.15. The average Bonchev–Trinajstić information content (AvgIpc) is 3.27. The van der Waals surface area contributed by atoms with Crippen LogP contribution in [0.1, 0.15) is 17.1 Å². The third-order valence-corrected chi connectivity index (χ3v) is 4.97. The maximum Gasteiger partial charge on any atom is 0.290 e. The van der Waals surface area contributed by atoms with Crippen LogP contribution in [-0.4, -0.2) is 58.0 Å². The first-order valence-electron chi connectivity index (χ1n) is 9.37. The molecule has 3 aromatic rings. The number of aryl methyl sites for hydroxylation is 1. The molecule has 154 valence electrons. The van der Waals surface area contributed by atoms with Gasteiger partial charge in [0.2, 0.25) is 0 Å². The number of rotatable bonds is 5. The van der Waals surface area contributed by atoms with Gasteiger partial charge < -0.3 is 19.5 Å². The van der Waals surface area contributed by atoms with Crippen molar-refractivity contribution < 1.29 is 24.3 Å². The summed E-state index contributed by atoms with van der Waals surface area (Å²) in [7, 11) is 1.66. The van der Waals surface area contributed by atoms with E-state index in [-0.39, 0.29) is 18.5 Å². The molecule has 0 spiro atoms. The van der Waals surface area contributed by atoms with E-state index in [1.54, 1.807) is 7.11 Å². The van der Waals surface area contributed by atoms with Crippen LogP contribution in [0, 0.1) is 12.8 Å². The summed E-state index contributed by atoms with van der Waals surface area (Å²) >= 11 is 0. The second kappa shape index (κ2) is 9.49. The highest BCUT2D eigenvalue weighted by molar-refractivity contribution is 5.84. The predicted molar refractivity (Wildman–Crippen MR) is 107 cm³/mol. The number of fused-ring (bicyclic) bond motifs is 1. The number of aromatic nitrogens is 2. The minimum atomic E-state index is -0.365. The molecule has 29 heavy (non-hydrogen) atoms. The number of hydrogen-bond acceptors (Lipinski definition) is 7. The smallest absolute Gasteiger partial charge is 0.290 e. The van der Waals surface area contributed by atoms with Gasteiger partial charge in [-0.15, -0.1) is 0 Å². The molecule has 1 saturated heterocycles. The lowest BCUT2D eigenvalue weighted by Crippen LogP contribution is -2.22. The number of likely N-dealkylation sites (tertiary alicyclic amines) is 1. The van der Waals surface area contributed by atoms with Gasteiger partial charge in [0, 0.05) is 43.4 Å². The topological polar surface area (TPSA) is 109 Å². The molecule has 2 atom stereocenters. The summed E-state index contributed by atoms with van der Waals surface area (Å²) in [5.74, 6) is 1.77. The summed E-state index contributed by atoms with van der Waals surface area (Å²) < 4.78 is 10.7. The maximum atomic E-state index is 10.4. The molecular formula is C21H25N3O5. The molecule has 0 radical (unpaired) electrons. The molecule has 0 bridgehead atoms. The Morgan fingerprint density at radius 2 is 2.10 bits per heavy atom. The van der Waals surface area contributed by atoms with Gasteiger partial charge in [-0.1, -0.05) is 23.4 Å². The molecule has 1 aliphatic rings. The van der Waals surface area contributed by atoms with Crippen molar-refractivity contribution in [2.24, 2.45) is 5.92 Å². The van der Waals surface area contributed by atoms with Crippen LogP contribution in [0.25, 0.3) is 10.9 Å². The molecule has 0 amide bonds. The summed E-state index contributed by atoms with van der Waals surface area (Å²) in [6.45, 7) is 3.82. The molecule has 2 aromatic heterocycles. The molecule has 8 nitrogen and oxygen atoms in total. The zero-order valence-corrected chi connectivity index (χ0v) is 16.5. The van der Waals surface area contributed by atoms with Crippen LogP contribution in [0.4, 0.5) is 0 Å². The number of methoxy groups -OCH3 is 1. The number of β-amino-alcohol motifs (C(OH)–C–C–N with tert-alkyl or cyclic N) is 1. The zero-order valence-electron chi connectivity index (χ0n) is 16.5. The second-order valence-electron chi connectivity index (χ2n) is 7.10. The maximum absolute atomic E-state index is 10.4. The zero-order chi connectivity index (χ0) is 20.8. The summed E-state index contributed by atoms with van der Waals surface area (Å²) in [4.78, 5) is 15.4. The molecule has 8 heteroatoms. The number of hydrogen-bond donors (Lipinski definition) is 2. The Balaban J connectivity index is 0.000000755. The second-order valence-corrected chi connectivity index (χ2v) is 7.10. The minimum absolute atomic E-state index is 0.150. The fraction of sp³-hybridized carbons (Fsp3) is 0.381. The Labute approximate surface area is 168 Å². The largest absolute Gasteiger partial charge is 0.494 e. The number of ether oxygens (including phenoxy) is 1. The van der Waals surface area contributed by atoms with Crippen LogP contribution in [0.15, 0.2) is 40.9 Å². The van der Waals surface area contributed by atoms with E-state index < -0.39 is 0 Å². The fourth-order valence-corrected chi connectivity index (χ4v) is 3.68. The van der Waals surface area contributed by atoms with Gasteiger partial charge in [0.15, 0.2) is 0 Å². The van der Waals surface area contributed by atoms with Crippen LogP contribution in [0.2, 0.25) is 0 Å². The Kier molecular flexibility index (Phi) is 6.79. The average molecular weight is 399 g/mol. The SMILES string of the molecule is COc1cccc2ccc(CN3C[C@@H](Cc4cc(C)no4)[C@@H](O)C3)nc12.O=CO. The number of carbonyl (C=O) groups is 1. The van der Waals surface area contributed by atoms with E-state index in [1.807, 2.05) is 37.3 Å². The lowest BCUT2D eigenvalue weighted by atomic mass is 10.0. The van der Waals surface area contributed by atoms with Crippen LogP contribution < -0.4 is 4.74 Å². The normalized spacial score (nSPS) is 19.0. The Bertz CT molecular complexity index is 958. The summed E-state index contributed by atoms with van der Waals surface area (Å²) in [5, 5.41) is 22.3. The molecule has 0 saturated carbocycles. The third-order valence-electron chi connectivity index (χ3n) is 4.97. The van der Waals surface area contributed by atoms with Gasteiger partial charge in [-0.3, -0.25) is 9.69 Å². The molecule has 1 fully saturated rings. The van der Waals surface area contributed by atoms with E-state index in [1.165, 1.54) is 0 Å². The lowest BCUT2D eigenvalue weighted by molar-refractivity contribution is -0.122. The third kappa shape index (κ3) is 5.10. The first kappa shape index (κ1) is 20.8. The molecule has 2 N–H and O–H groups in total. The fourth-order valence-electron chi connectivity index (χ4n) is 3.68. The van der Waals surface area contributed by atoms with Crippen LogP contribution in [0.3, 0.4) is 0 Å². The van der Waals surface area contributed by atoms with E-state index in [4.69, 9.17) is 24.1 Å². The van der Waals surface area contributed by atoms with E-state index >= 15 is 0 Å². The van der Waals surface area contributed by atoms with Gasteiger partial charge in [-0.25, -0.2) is 4.98 Å². The standard InChI is InChI=1S/C20H23N3O3.CH2O2/c1-13-8-17(26-22-13)9-15-10-23(12-18(15)24)11-16-7-6-14-4-3-5-19(25-2)20(14)21-16;2-1-3/h3-8,15,18,24H,9-12H2,1-2H3;1H,(H,2,3)/t15-,18+;/m1./s1. The number of benzene rings is 1. The molecule has 0 unspecified atom stereocenters. The van der Waals surface area contributed by atoms with Crippen molar-refractivity contribution in [1.29, 1.82) is 0 Å². The van der Waals surface area contributed by atoms with Crippen molar-refractivity contribution in [1.82, 2.24) is 15.0 Å². The summed E-state index contributed by atoms with van der Waals surface area (Å²) in [5.41, 5.74) is 2.73. The van der Waals surface area contributed by atoms with Crippen molar-refractivity contribution in [2.45, 2.75) is 26.0 Å². The summed E-state index contributed by atoms with van der Waals surface area (Å²) in [6.07, 6.45) is 0.340. The van der Waals surface area contributed by atoms with Gasteiger partial charge in [0.05, 0.1) is 24.6 Å². The minimum Gasteiger partial charge on any atom is -0.494 e. The van der Waals surface area contributed by atoms with Crippen LogP contribution in [-0.2, 0) is 17.8 Å². The number of aliphatic hydroxyl groups is 1. The quantitative estimate of drug-likeness (QED) is 0.629. The van der Waals surface area contributed by atoms with Gasteiger partial charge in [-0.05, 0) is 19.1 Å². The highest BCUT2D eigenvalue weighted by Gasteiger charge is 2.32. The molecule has 3 heterocycles. The molecule has 1 aliphatic heterocycles. The first-order valence-corrected chi connectivity index (χ1v) is 9.37. The number of aliphatic hydroxyl groups excluding tert-OH is 1. The Hall–Kier alpha value is -2.97. The van der Waals surface area contributed by atoms with E-state index in [2.05, 4.69) is 16.1 Å². The van der Waals surface area contributed by atoms with Crippen molar-refractivity contribution in [3.05, 3.63) is 53.5 Å². The predicted octanol–water partition coefficient (Wildman–Crippen LogP) is 2.28. The van der Waals surface area contributed by atoms with Crippen molar-refractivity contribution in [2.75, 3.05) is 20.2 Å². The number of carboxylic acid groups (broad SMARTS) is 1. The number of pyridine rings is 1. The highest BCUT2D eigenvalue weighted by atomic mass is 16.5. The van der Waals surface area contributed by atoms with E-state index in [0.717, 1.165) is 40.3 Å². The van der Waals surface area contributed by atoms with E-state index in [9.17, 15) is 5.11 Å². The molecule has 1 aromatic carbocycles. The van der Waals surface area contributed by atoms with Crippen molar-refractivity contribution in [3.8, 4) is 5.75 Å². The van der Waals surface area contributed by atoms with Crippen molar-refractivity contribution >= 4 is 17.4 Å². The Morgan fingerprint density at radius 3 is 2.79 bits per heavy atom. The highest BCUT2D eigenvalue weighted by Crippen LogP contribution is 2.26. The van der Waals surface area contributed by atoms with Crippen molar-refractivity contribution in [3.63, 3.8) is 0 Å². The van der Waals surface area contributed by atoms with Gasteiger partial charge in [0.1, 0.15) is 17.0 Å². The van der Waals surface area contributed by atoms with Crippen LogP contribution >= 0.6 is 0 Å². The number of para-hydroxylation sites is 1. The first-order chi connectivity index (χ1) is 14.0. The van der Waals surface area contributed by atoms with E-state index in [0.29, 0.717) is 19.5 Å². The van der Waals surface area contributed by atoms with Gasteiger partial charge in [-0.2, -0.15) is 0 Å². The monoisotopic (exact) mass is 399 g/mol. The number of nitrogens with zero attached hydrogens (tertiary/aromatic N) is 3. The summed E-state index contributed by atoms with van der Waals surface area (Å²) in [6, 6.07) is 12.0. The van der Waals surface area contributed by atoms with Gasteiger partial charge >= 0.3 is 0 Å². The molecule has 0 aliphatic carbocycles. The van der Waals surface area contributed by atoms with Gasteiger partial charge in [0.25, 0.3) is 6.47 Å². The Morgan fingerprint density at radius 1 is 1.31 bits per heavy atom.